The number of urea groups is 1. The summed E-state index contributed by atoms with van der Waals surface area (Å²) in [5.41, 5.74) is 0.898. The molecule has 1 aromatic heterocycles. The van der Waals surface area contributed by atoms with Gasteiger partial charge in [-0.2, -0.15) is 13.2 Å². The lowest BCUT2D eigenvalue weighted by atomic mass is 10.1. The van der Waals surface area contributed by atoms with Gasteiger partial charge in [0.2, 0.25) is 5.91 Å². The van der Waals surface area contributed by atoms with Crippen LogP contribution < -0.4 is 25.4 Å². The predicted molar refractivity (Wildman–Crippen MR) is 122 cm³/mol. The van der Waals surface area contributed by atoms with Crippen LogP contribution in [0.15, 0.2) is 54.7 Å². The monoisotopic (exact) mass is 496 g/mol. The molecule has 3 atom stereocenters. The number of fused-ring (bicyclic) bond motifs is 4. The number of pyridine rings is 1. The molecule has 3 aromatic rings. The third-order valence-corrected chi connectivity index (χ3v) is 6.40. The topological polar surface area (TPSA) is 102 Å². The van der Waals surface area contributed by atoms with E-state index in [-0.39, 0.29) is 29.7 Å². The Kier molecular flexibility index (Phi) is 5.02. The van der Waals surface area contributed by atoms with E-state index in [1.54, 1.807) is 24.4 Å². The molecule has 1 aliphatic carbocycles. The highest BCUT2D eigenvalue weighted by atomic mass is 19.4. The Labute approximate surface area is 202 Å². The van der Waals surface area contributed by atoms with Gasteiger partial charge in [-0.05, 0) is 48.9 Å². The number of nitrogens with one attached hydrogen (secondary N) is 3. The number of hydrogen-bond acceptors (Lipinski definition) is 5. The van der Waals surface area contributed by atoms with E-state index in [0.29, 0.717) is 35.9 Å². The average molecular weight is 496 g/mol. The number of carbonyl (C=O) groups excluding carboxylic acids is 2. The number of ether oxygens (including phenoxy) is 2. The fourth-order valence-electron chi connectivity index (χ4n) is 4.65. The highest BCUT2D eigenvalue weighted by molar-refractivity contribution is 5.93. The lowest BCUT2D eigenvalue weighted by Gasteiger charge is -2.19. The summed E-state index contributed by atoms with van der Waals surface area (Å²) in [6, 6.07) is 10.7. The van der Waals surface area contributed by atoms with Crippen LogP contribution >= 0.6 is 0 Å². The number of nitrogens with zero attached hydrogens (tertiary/aromatic N) is 1. The molecule has 1 fully saturated rings. The summed E-state index contributed by atoms with van der Waals surface area (Å²) in [7, 11) is 0. The van der Waals surface area contributed by atoms with E-state index in [9.17, 15) is 22.8 Å². The van der Waals surface area contributed by atoms with E-state index < -0.39 is 17.8 Å². The fourth-order valence-corrected chi connectivity index (χ4v) is 4.65. The minimum Gasteiger partial charge on any atom is -0.487 e. The lowest BCUT2D eigenvalue weighted by molar-refractivity contribution is -0.137. The van der Waals surface area contributed by atoms with Gasteiger partial charge in [-0.25, -0.2) is 9.78 Å². The first-order valence-electron chi connectivity index (χ1n) is 11.3. The first-order chi connectivity index (χ1) is 17.3. The minimum atomic E-state index is -4.50. The number of aromatic nitrogens is 1. The Morgan fingerprint density at radius 3 is 2.83 bits per heavy atom. The van der Waals surface area contributed by atoms with Gasteiger partial charge in [0.05, 0.1) is 17.5 Å². The molecular formula is C25H19F3N4O4. The van der Waals surface area contributed by atoms with Crippen LogP contribution in [-0.4, -0.2) is 29.1 Å². The molecule has 0 unspecified atom stereocenters. The Morgan fingerprint density at radius 1 is 1.14 bits per heavy atom. The molecule has 0 spiro atoms. The normalized spacial score (nSPS) is 21.3. The van der Waals surface area contributed by atoms with E-state index >= 15 is 0 Å². The van der Waals surface area contributed by atoms with Crippen LogP contribution in [0.4, 0.5) is 29.5 Å². The number of benzene rings is 2. The third kappa shape index (κ3) is 4.06. The lowest BCUT2D eigenvalue weighted by Crippen LogP contribution is -2.34. The van der Waals surface area contributed by atoms with Crippen molar-refractivity contribution in [3.8, 4) is 17.2 Å². The Bertz CT molecular complexity index is 1390. The Morgan fingerprint density at radius 2 is 2.00 bits per heavy atom. The van der Waals surface area contributed by atoms with Gasteiger partial charge in [-0.3, -0.25) is 4.79 Å². The molecule has 0 bridgehead atoms. The van der Waals surface area contributed by atoms with Gasteiger partial charge >= 0.3 is 12.2 Å². The number of hydrogen-bond donors (Lipinski definition) is 3. The van der Waals surface area contributed by atoms with Gasteiger partial charge in [-0.1, -0.05) is 6.07 Å². The molecular weight excluding hydrogens is 477 g/mol. The molecule has 11 heteroatoms. The van der Waals surface area contributed by atoms with Gasteiger partial charge in [0, 0.05) is 29.4 Å². The highest BCUT2D eigenvalue weighted by Crippen LogP contribution is 2.54. The molecule has 2 aliphatic heterocycles. The third-order valence-electron chi connectivity index (χ3n) is 6.40. The van der Waals surface area contributed by atoms with Crippen molar-refractivity contribution >= 4 is 23.4 Å². The molecule has 3 heterocycles. The molecule has 6 rings (SSSR count). The summed E-state index contributed by atoms with van der Waals surface area (Å²) in [5, 5.41) is 7.96. The zero-order valence-corrected chi connectivity index (χ0v) is 18.6. The molecule has 1 saturated carbocycles. The summed E-state index contributed by atoms with van der Waals surface area (Å²) >= 11 is 0. The van der Waals surface area contributed by atoms with Gasteiger partial charge in [0.1, 0.15) is 29.2 Å². The summed E-state index contributed by atoms with van der Waals surface area (Å²) in [6.45, 7) is 0. The quantitative estimate of drug-likeness (QED) is 0.481. The maximum absolute atomic E-state index is 12.9. The molecule has 36 heavy (non-hydrogen) atoms. The Balaban J connectivity index is 1.13. The summed E-state index contributed by atoms with van der Waals surface area (Å²) in [4.78, 5) is 28.3. The fraction of sp³-hybridized carbons (Fsp3) is 0.240. The van der Waals surface area contributed by atoms with E-state index in [1.807, 2.05) is 6.07 Å². The van der Waals surface area contributed by atoms with Crippen molar-refractivity contribution in [1.82, 2.24) is 10.3 Å². The van der Waals surface area contributed by atoms with Gasteiger partial charge < -0.3 is 25.4 Å². The van der Waals surface area contributed by atoms with Crippen LogP contribution in [0.3, 0.4) is 0 Å². The number of amides is 3. The van der Waals surface area contributed by atoms with Crippen molar-refractivity contribution in [2.75, 3.05) is 10.6 Å². The zero-order valence-electron chi connectivity index (χ0n) is 18.6. The molecule has 184 valence electrons. The summed E-state index contributed by atoms with van der Waals surface area (Å²) in [6.07, 6.45) is -2.31. The highest BCUT2D eigenvalue weighted by Gasteiger charge is 2.59. The van der Waals surface area contributed by atoms with Gasteiger partial charge in [-0.15, -0.1) is 0 Å². The number of carbonyl (C=O) groups is 2. The molecule has 0 radical (unpaired) electrons. The van der Waals surface area contributed by atoms with Gasteiger partial charge in [0.15, 0.2) is 0 Å². The number of alkyl halides is 3. The summed E-state index contributed by atoms with van der Waals surface area (Å²) < 4.78 is 50.8. The number of anilines is 2. The average Bonchev–Trinajstić information content (AvgIpc) is 3.34. The van der Waals surface area contributed by atoms with Crippen LogP contribution in [0.25, 0.3) is 0 Å². The van der Waals surface area contributed by atoms with Crippen LogP contribution in [0, 0.1) is 0 Å². The second-order valence-corrected chi connectivity index (χ2v) is 8.80. The maximum atomic E-state index is 12.9. The summed E-state index contributed by atoms with van der Waals surface area (Å²) in [5.74, 6) is 2.17. The van der Waals surface area contributed by atoms with Crippen LogP contribution in [-0.2, 0) is 17.4 Å². The standard InChI is InChI=1S/C25H19F3N4O4/c26-25(27,28)12-2-1-3-13(10-12)30-24(34)32-21-20-16-11-14(4-6-17(16)36-22(20)21)35-18-8-9-29-23-15(18)5-7-19(33)31-23/h1-4,6,8-11,20-22H,5,7H2,(H,29,31,33)(H2,30,32,34)/t20-,21-,22-/m1/s1. The van der Waals surface area contributed by atoms with Crippen molar-refractivity contribution in [1.29, 1.82) is 0 Å². The van der Waals surface area contributed by atoms with Crippen molar-refractivity contribution < 1.29 is 32.2 Å². The van der Waals surface area contributed by atoms with E-state index in [4.69, 9.17) is 9.47 Å². The van der Waals surface area contributed by atoms with E-state index in [1.165, 1.54) is 12.1 Å². The molecule has 8 nitrogen and oxygen atoms in total. The van der Waals surface area contributed by atoms with Crippen molar-refractivity contribution in [3.05, 3.63) is 71.4 Å². The largest absolute Gasteiger partial charge is 0.487 e. The number of halogens is 3. The maximum Gasteiger partial charge on any atom is 0.416 e. The Hall–Kier alpha value is -4.28. The molecule has 2 aromatic carbocycles. The van der Waals surface area contributed by atoms with E-state index in [0.717, 1.165) is 23.3 Å². The SMILES string of the molecule is O=C1CCc2c(Oc3ccc4c(c3)[C@@H]3[C@@H](NC(=O)Nc5cccc(C(F)(F)F)c5)[C@@H]3O4)ccnc2N1. The second kappa shape index (κ2) is 8.14. The van der Waals surface area contributed by atoms with Crippen LogP contribution in [0.1, 0.15) is 29.0 Å². The first-order valence-corrected chi connectivity index (χ1v) is 11.3. The minimum absolute atomic E-state index is 0.0435. The number of rotatable bonds is 4. The molecule has 0 saturated heterocycles. The first kappa shape index (κ1) is 22.2. The van der Waals surface area contributed by atoms with E-state index in [2.05, 4.69) is 20.9 Å². The molecule has 3 N–H and O–H groups in total. The predicted octanol–water partition coefficient (Wildman–Crippen LogP) is 4.83. The van der Waals surface area contributed by atoms with Crippen molar-refractivity contribution in [3.63, 3.8) is 0 Å². The molecule has 3 aliphatic rings. The van der Waals surface area contributed by atoms with Crippen LogP contribution in [0.2, 0.25) is 0 Å². The second-order valence-electron chi connectivity index (χ2n) is 8.80. The van der Waals surface area contributed by atoms with Crippen LogP contribution in [0.5, 0.6) is 17.2 Å². The van der Waals surface area contributed by atoms with Crippen molar-refractivity contribution in [2.45, 2.75) is 37.1 Å². The van der Waals surface area contributed by atoms with Crippen molar-refractivity contribution in [2.24, 2.45) is 0 Å². The smallest absolute Gasteiger partial charge is 0.416 e. The molecule has 3 amide bonds. The van der Waals surface area contributed by atoms with Gasteiger partial charge in [0.25, 0.3) is 0 Å². The zero-order chi connectivity index (χ0) is 25.0.